The largest absolute Gasteiger partial charge is 0.756 e. The lowest BCUT2D eigenvalue weighted by Gasteiger charge is -2.28. The fourth-order valence-corrected chi connectivity index (χ4v) is 7.01. The molecule has 67 heavy (non-hydrogen) atoms. The van der Waals surface area contributed by atoms with Gasteiger partial charge in [-0.1, -0.05) is 186 Å². The molecule has 2 atom stereocenters. The van der Waals surface area contributed by atoms with Crippen molar-refractivity contribution in [2.75, 3.05) is 54.1 Å². The Hall–Kier alpha value is -3.36. The molecule has 8 nitrogen and oxygen atoms in total. The molecule has 0 aliphatic carbocycles. The molecule has 0 amide bonds. The molecule has 9 heteroatoms. The smallest absolute Gasteiger partial charge is 0.306 e. The number of phosphoric ester groups is 1. The van der Waals surface area contributed by atoms with Gasteiger partial charge in [-0.15, -0.1) is 0 Å². The maximum atomic E-state index is 12.8. The number of hydrogen-bond donors (Lipinski definition) is 0. The minimum absolute atomic E-state index is 0.00804. The van der Waals surface area contributed by atoms with Crippen LogP contribution in [0.4, 0.5) is 0 Å². The fourth-order valence-electron chi connectivity index (χ4n) is 6.28. The topological polar surface area (TPSA) is 94.1 Å². The van der Waals surface area contributed by atoms with E-state index < -0.39 is 13.9 Å². The Labute approximate surface area is 411 Å². The van der Waals surface area contributed by atoms with Crippen LogP contribution in [0.5, 0.6) is 0 Å². The van der Waals surface area contributed by atoms with Gasteiger partial charge in [0.1, 0.15) is 19.3 Å². The van der Waals surface area contributed by atoms with Crippen molar-refractivity contribution in [1.29, 1.82) is 0 Å². The van der Waals surface area contributed by atoms with Crippen LogP contribution in [0.2, 0.25) is 0 Å². The molecule has 0 bridgehead atoms. The molecule has 0 radical (unpaired) electrons. The minimum atomic E-state index is -4.56. The highest BCUT2D eigenvalue weighted by Crippen LogP contribution is 2.38. The average Bonchev–Trinajstić information content (AvgIpc) is 3.29. The first-order chi connectivity index (χ1) is 32.6. The molecule has 0 aromatic heterocycles. The molecule has 0 rings (SSSR count). The summed E-state index contributed by atoms with van der Waals surface area (Å²) in [6.45, 7) is 5.05. The normalized spacial score (nSPS) is 14.7. The quantitative estimate of drug-likeness (QED) is 0.0197. The zero-order valence-electron chi connectivity index (χ0n) is 43.0. The first-order valence-electron chi connectivity index (χ1n) is 25.9. The van der Waals surface area contributed by atoms with Gasteiger partial charge >= 0.3 is 5.97 Å². The monoisotopic (exact) mass is 950 g/mol. The van der Waals surface area contributed by atoms with Crippen molar-refractivity contribution in [1.82, 2.24) is 0 Å². The van der Waals surface area contributed by atoms with Crippen LogP contribution < -0.4 is 4.89 Å². The second-order valence-electron chi connectivity index (χ2n) is 17.8. The van der Waals surface area contributed by atoms with E-state index in [0.717, 1.165) is 128 Å². The number of allylic oxidation sites excluding steroid dienone is 22. The average molecular weight is 950 g/mol. The van der Waals surface area contributed by atoms with Gasteiger partial charge < -0.3 is 27.9 Å². The molecule has 0 heterocycles. The van der Waals surface area contributed by atoms with Gasteiger partial charge in [-0.2, -0.15) is 0 Å². The van der Waals surface area contributed by atoms with E-state index >= 15 is 0 Å². The van der Waals surface area contributed by atoms with Crippen LogP contribution >= 0.6 is 7.82 Å². The molecule has 0 N–H and O–H groups in total. The van der Waals surface area contributed by atoms with Crippen LogP contribution in [0.15, 0.2) is 134 Å². The highest BCUT2D eigenvalue weighted by atomic mass is 31.2. The molecule has 0 aliphatic heterocycles. The Morgan fingerprint density at radius 3 is 1.22 bits per heavy atom. The second-order valence-corrected chi connectivity index (χ2v) is 19.2. The number of unbranched alkanes of at least 4 members (excludes halogenated alkanes) is 10. The Balaban J connectivity index is 4.29. The highest BCUT2D eigenvalue weighted by Gasteiger charge is 2.20. The molecule has 0 saturated heterocycles. The molecule has 0 saturated carbocycles. The first kappa shape index (κ1) is 63.6. The predicted octanol–water partition coefficient (Wildman–Crippen LogP) is 15.6. The van der Waals surface area contributed by atoms with Gasteiger partial charge in [0.05, 0.1) is 34.4 Å². The summed E-state index contributed by atoms with van der Waals surface area (Å²) >= 11 is 0. The Kier molecular flexibility index (Phi) is 46.6. The van der Waals surface area contributed by atoms with Crippen LogP contribution in [0.1, 0.15) is 168 Å². The maximum Gasteiger partial charge on any atom is 0.306 e. The molecule has 0 aromatic rings. The van der Waals surface area contributed by atoms with Crippen molar-refractivity contribution in [3.8, 4) is 0 Å². The minimum Gasteiger partial charge on any atom is -0.756 e. The predicted molar refractivity (Wildman–Crippen MR) is 286 cm³/mol. The van der Waals surface area contributed by atoms with Crippen molar-refractivity contribution in [2.24, 2.45) is 0 Å². The third-order valence-corrected chi connectivity index (χ3v) is 11.2. The van der Waals surface area contributed by atoms with Crippen molar-refractivity contribution < 1.29 is 37.3 Å². The van der Waals surface area contributed by atoms with Crippen molar-refractivity contribution in [3.63, 3.8) is 0 Å². The number of likely N-dealkylation sites (N-methyl/N-ethyl adjacent to an activating group) is 1. The summed E-state index contributed by atoms with van der Waals surface area (Å²) in [5.74, 6) is -0.364. The summed E-state index contributed by atoms with van der Waals surface area (Å²) in [5, 5.41) is 0. The lowest BCUT2D eigenvalue weighted by molar-refractivity contribution is -0.870. The van der Waals surface area contributed by atoms with Crippen molar-refractivity contribution in [3.05, 3.63) is 134 Å². The van der Waals surface area contributed by atoms with Gasteiger partial charge in [0.15, 0.2) is 0 Å². The van der Waals surface area contributed by atoms with Crippen LogP contribution in [-0.4, -0.2) is 70.7 Å². The van der Waals surface area contributed by atoms with E-state index in [0.29, 0.717) is 17.6 Å². The number of rotatable bonds is 46. The highest BCUT2D eigenvalue weighted by molar-refractivity contribution is 7.45. The van der Waals surface area contributed by atoms with Crippen LogP contribution in [0.3, 0.4) is 0 Å². The molecule has 0 aliphatic rings. The van der Waals surface area contributed by atoms with Gasteiger partial charge in [0.2, 0.25) is 0 Å². The van der Waals surface area contributed by atoms with E-state index in [9.17, 15) is 14.3 Å². The molecule has 0 aromatic carbocycles. The Morgan fingerprint density at radius 2 is 0.821 bits per heavy atom. The van der Waals surface area contributed by atoms with E-state index in [1.807, 2.05) is 21.1 Å². The van der Waals surface area contributed by atoms with Crippen molar-refractivity contribution >= 4 is 13.8 Å². The third kappa shape index (κ3) is 53.5. The third-order valence-electron chi connectivity index (χ3n) is 10.2. The first-order valence-corrected chi connectivity index (χ1v) is 27.4. The SMILES string of the molecule is CC/C=C\C/C=C\C/C=C\C/C=C\C/C=C\C/C=C\CCCCCOCC(COP(=O)([O-])OCC[N+](C)(C)C)OC(=O)CCCCCCCCC/C=C\C/C=C\C/C=C\C/C=C\C/C=C\CC. The summed E-state index contributed by atoms with van der Waals surface area (Å²) in [6.07, 6.45) is 71.9. The summed E-state index contributed by atoms with van der Waals surface area (Å²) in [7, 11) is 1.30. The molecule has 0 spiro atoms. The summed E-state index contributed by atoms with van der Waals surface area (Å²) in [5.41, 5.74) is 0. The zero-order chi connectivity index (χ0) is 49.0. The molecule has 0 fully saturated rings. The number of ether oxygens (including phenoxy) is 2. The number of quaternary nitrogens is 1. The zero-order valence-corrected chi connectivity index (χ0v) is 43.9. The van der Waals surface area contributed by atoms with Crippen molar-refractivity contribution in [2.45, 2.75) is 174 Å². The van der Waals surface area contributed by atoms with E-state index in [1.165, 1.54) is 19.3 Å². The standard InChI is InChI=1S/C58H96NO7P/c1-6-8-10-12-14-16-18-20-22-24-26-28-30-31-33-35-37-39-41-43-45-47-49-51-58(60)66-57(56-65-67(61,62)64-54-52-59(3,4)5)55-63-53-50-48-46-44-42-40-38-36-34-32-29-27-25-23-21-19-17-15-13-11-9-7-2/h8-11,14-17,20-23,26-29,31,33-34,36,40,42,57H,6-7,12-13,18-19,24-25,30,32,35,37-39,41,43-56H2,1-5H3/b10-8-,11-9-,16-14-,17-15-,22-20-,23-21-,28-26-,29-27-,33-31-,36-34-,42-40-. The van der Waals surface area contributed by atoms with Crippen LogP contribution in [-0.2, 0) is 27.9 Å². The fraction of sp³-hybridized carbons (Fsp3) is 0.603. The van der Waals surface area contributed by atoms with Gasteiger partial charge in [0.25, 0.3) is 7.82 Å². The maximum absolute atomic E-state index is 12.8. The van der Waals surface area contributed by atoms with Gasteiger partial charge in [-0.25, -0.2) is 0 Å². The van der Waals surface area contributed by atoms with Gasteiger partial charge in [-0.3, -0.25) is 9.36 Å². The molecular weight excluding hydrogens is 854 g/mol. The molecule has 2 unspecified atom stereocenters. The Morgan fingerprint density at radius 1 is 0.463 bits per heavy atom. The van der Waals surface area contributed by atoms with E-state index in [-0.39, 0.29) is 32.2 Å². The van der Waals surface area contributed by atoms with E-state index in [2.05, 4.69) is 148 Å². The molecule has 380 valence electrons. The number of carbonyl (C=O) groups excluding carboxylic acids is 1. The number of esters is 1. The second kappa shape index (κ2) is 49.1. The lowest BCUT2D eigenvalue weighted by atomic mass is 10.1. The number of phosphoric acid groups is 1. The van der Waals surface area contributed by atoms with Gasteiger partial charge in [0, 0.05) is 13.0 Å². The van der Waals surface area contributed by atoms with Gasteiger partial charge in [-0.05, 0) is 109 Å². The Bertz CT molecular complexity index is 1520. The van der Waals surface area contributed by atoms with Crippen LogP contribution in [0, 0.1) is 0 Å². The number of carbonyl (C=O) groups is 1. The molecular formula is C58H96NO7P. The summed E-state index contributed by atoms with van der Waals surface area (Å²) in [4.78, 5) is 25.2. The summed E-state index contributed by atoms with van der Waals surface area (Å²) < 4.78 is 34.7. The van der Waals surface area contributed by atoms with E-state index in [4.69, 9.17) is 18.5 Å². The number of hydrogen-bond acceptors (Lipinski definition) is 7. The summed E-state index contributed by atoms with van der Waals surface area (Å²) in [6, 6.07) is 0. The van der Waals surface area contributed by atoms with E-state index in [1.54, 1.807) is 0 Å². The number of nitrogens with zero attached hydrogens (tertiary/aromatic N) is 1. The lowest BCUT2D eigenvalue weighted by Crippen LogP contribution is -2.37. The van der Waals surface area contributed by atoms with Crippen LogP contribution in [0.25, 0.3) is 0 Å².